The van der Waals surface area contributed by atoms with Crippen LogP contribution in [0, 0.1) is 5.92 Å². The molecule has 4 heterocycles. The minimum Gasteiger partial charge on any atom is -0.489 e. The topological polar surface area (TPSA) is 79.0 Å². The number of amidine groups is 1. The van der Waals surface area contributed by atoms with E-state index in [9.17, 15) is 0 Å². The molecule has 140 valence electrons. The number of benzene rings is 1. The van der Waals surface area contributed by atoms with E-state index in [0.29, 0.717) is 18.2 Å². The van der Waals surface area contributed by atoms with Crippen LogP contribution in [0.5, 0.6) is 5.75 Å². The van der Waals surface area contributed by atoms with Crippen LogP contribution in [-0.2, 0) is 15.0 Å². The second-order valence-electron chi connectivity index (χ2n) is 7.31. The molecule has 1 aromatic heterocycles. The van der Waals surface area contributed by atoms with Crippen molar-refractivity contribution in [2.24, 2.45) is 16.6 Å². The maximum Gasteiger partial charge on any atom is 0.283 e. The Labute approximate surface area is 162 Å². The number of nitrogens with zero attached hydrogens (tertiary/aromatic N) is 2. The van der Waals surface area contributed by atoms with Gasteiger partial charge in [0.25, 0.3) is 6.02 Å². The number of halogens is 1. The molecule has 4 atom stereocenters. The van der Waals surface area contributed by atoms with E-state index in [1.807, 2.05) is 18.2 Å². The van der Waals surface area contributed by atoms with E-state index in [1.165, 1.54) is 0 Å². The van der Waals surface area contributed by atoms with Crippen LogP contribution < -0.4 is 10.5 Å². The van der Waals surface area contributed by atoms with E-state index in [-0.39, 0.29) is 24.1 Å². The second-order valence-corrected chi connectivity index (χ2v) is 7.75. The van der Waals surface area contributed by atoms with Crippen molar-refractivity contribution < 1.29 is 14.2 Å². The van der Waals surface area contributed by atoms with Gasteiger partial charge in [-0.2, -0.15) is 0 Å². The molecule has 0 saturated carbocycles. The number of rotatable bonds is 1. The van der Waals surface area contributed by atoms with Gasteiger partial charge in [-0.15, -0.1) is 0 Å². The molecule has 0 radical (unpaired) electrons. The number of aliphatic imine (C=N–C) groups is 1. The zero-order valence-electron chi connectivity index (χ0n) is 14.9. The Hall–Kier alpha value is -2.31. The minimum atomic E-state index is -0.607. The van der Waals surface area contributed by atoms with Crippen molar-refractivity contribution in [3.63, 3.8) is 0 Å². The highest BCUT2D eigenvalue weighted by Gasteiger charge is 2.57. The summed E-state index contributed by atoms with van der Waals surface area (Å²) in [6.45, 7) is 3.14. The van der Waals surface area contributed by atoms with Gasteiger partial charge in [0.2, 0.25) is 0 Å². The fourth-order valence-corrected chi connectivity index (χ4v) is 4.77. The monoisotopic (exact) mass is 385 g/mol. The molecule has 1 fully saturated rings. The predicted octanol–water partition coefficient (Wildman–Crippen LogP) is 3.13. The SMILES string of the molecule is C[C@H]1OCCC2Oc3ccc(-c4cncc(Cl)c4)cc3[C@@]3(COC(N)=N3)C21. The van der Waals surface area contributed by atoms with Gasteiger partial charge in [0.05, 0.1) is 23.7 Å². The Morgan fingerprint density at radius 2 is 2.11 bits per heavy atom. The number of hydrogen-bond donors (Lipinski definition) is 1. The zero-order chi connectivity index (χ0) is 18.6. The molecule has 6 nitrogen and oxygen atoms in total. The van der Waals surface area contributed by atoms with E-state index in [2.05, 4.69) is 18.0 Å². The summed E-state index contributed by atoms with van der Waals surface area (Å²) in [4.78, 5) is 8.97. The minimum absolute atomic E-state index is 0.00774. The van der Waals surface area contributed by atoms with E-state index in [4.69, 9.17) is 36.5 Å². The van der Waals surface area contributed by atoms with Gasteiger partial charge < -0.3 is 19.9 Å². The number of aromatic nitrogens is 1. The quantitative estimate of drug-likeness (QED) is 0.815. The molecule has 2 N–H and O–H groups in total. The van der Waals surface area contributed by atoms with Crippen LogP contribution in [0.25, 0.3) is 11.1 Å². The Kier molecular flexibility index (Phi) is 3.81. The predicted molar refractivity (Wildman–Crippen MR) is 102 cm³/mol. The lowest BCUT2D eigenvalue weighted by Gasteiger charge is -2.48. The third kappa shape index (κ3) is 2.58. The van der Waals surface area contributed by atoms with E-state index in [0.717, 1.165) is 28.9 Å². The van der Waals surface area contributed by atoms with Crippen molar-refractivity contribution >= 4 is 17.6 Å². The highest BCUT2D eigenvalue weighted by atomic mass is 35.5. The first-order chi connectivity index (χ1) is 13.1. The molecule has 1 spiro atoms. The number of ether oxygens (including phenoxy) is 3. The van der Waals surface area contributed by atoms with Crippen molar-refractivity contribution in [3.8, 4) is 16.9 Å². The molecule has 0 bridgehead atoms. The molecule has 0 amide bonds. The van der Waals surface area contributed by atoms with Gasteiger partial charge in [0.15, 0.2) is 0 Å². The molecule has 2 aromatic rings. The van der Waals surface area contributed by atoms with Crippen molar-refractivity contribution in [1.29, 1.82) is 0 Å². The summed E-state index contributed by atoms with van der Waals surface area (Å²) in [5.41, 5.74) is 8.25. The summed E-state index contributed by atoms with van der Waals surface area (Å²) in [7, 11) is 0. The lowest BCUT2D eigenvalue weighted by atomic mass is 9.69. The van der Waals surface area contributed by atoms with E-state index in [1.54, 1.807) is 12.4 Å². The molecular formula is C20H20ClN3O3. The van der Waals surface area contributed by atoms with Gasteiger partial charge in [0, 0.05) is 29.9 Å². The molecule has 7 heteroatoms. The van der Waals surface area contributed by atoms with Crippen molar-refractivity contribution in [2.45, 2.75) is 31.1 Å². The maximum absolute atomic E-state index is 6.36. The van der Waals surface area contributed by atoms with E-state index >= 15 is 0 Å². The molecule has 5 rings (SSSR count). The lowest BCUT2D eigenvalue weighted by molar-refractivity contribution is -0.116. The Morgan fingerprint density at radius 3 is 2.89 bits per heavy atom. The third-order valence-electron chi connectivity index (χ3n) is 5.75. The molecular weight excluding hydrogens is 366 g/mol. The normalized spacial score (nSPS) is 31.5. The van der Waals surface area contributed by atoms with Crippen molar-refractivity contribution in [1.82, 2.24) is 4.98 Å². The fraction of sp³-hybridized carbons (Fsp3) is 0.400. The largest absolute Gasteiger partial charge is 0.489 e. The van der Waals surface area contributed by atoms with Crippen LogP contribution in [0.15, 0.2) is 41.7 Å². The third-order valence-corrected chi connectivity index (χ3v) is 5.96. The summed E-state index contributed by atoms with van der Waals surface area (Å²) in [5.74, 6) is 0.860. The molecule has 3 aliphatic heterocycles. The van der Waals surface area contributed by atoms with Gasteiger partial charge in [-0.1, -0.05) is 17.7 Å². The number of pyridine rings is 1. The molecule has 1 saturated heterocycles. The van der Waals surface area contributed by atoms with Crippen LogP contribution in [0.1, 0.15) is 18.9 Å². The zero-order valence-corrected chi connectivity index (χ0v) is 15.6. The first-order valence-corrected chi connectivity index (χ1v) is 9.46. The van der Waals surface area contributed by atoms with Gasteiger partial charge >= 0.3 is 0 Å². The molecule has 27 heavy (non-hydrogen) atoms. The maximum atomic E-state index is 6.36. The standard InChI is InChI=1S/C20H20ClN3O3/c1-11-18-17(4-5-25-11)27-16-3-2-12(13-6-14(21)9-23-8-13)7-15(16)20(18)10-26-19(22)24-20/h2-3,6-9,11,17-18H,4-5,10H2,1H3,(H2,22,24)/t11-,17?,18?,20+/m1/s1. The Balaban J connectivity index is 1.69. The van der Waals surface area contributed by atoms with Gasteiger partial charge in [-0.3, -0.25) is 4.98 Å². The van der Waals surface area contributed by atoms with Crippen LogP contribution in [-0.4, -0.2) is 36.4 Å². The average Bonchev–Trinajstić information content (AvgIpc) is 3.04. The van der Waals surface area contributed by atoms with Crippen LogP contribution in [0.3, 0.4) is 0 Å². The van der Waals surface area contributed by atoms with Crippen LogP contribution in [0.2, 0.25) is 5.02 Å². The van der Waals surface area contributed by atoms with Crippen molar-refractivity contribution in [2.75, 3.05) is 13.2 Å². The summed E-state index contributed by atoms with van der Waals surface area (Å²) in [5, 5.41) is 0.594. The first kappa shape index (κ1) is 16.8. The fourth-order valence-electron chi connectivity index (χ4n) is 4.60. The summed E-state index contributed by atoms with van der Waals surface area (Å²) >= 11 is 6.13. The van der Waals surface area contributed by atoms with E-state index < -0.39 is 5.54 Å². The highest BCUT2D eigenvalue weighted by molar-refractivity contribution is 6.30. The summed E-state index contributed by atoms with van der Waals surface area (Å²) in [6, 6.07) is 8.21. The smallest absolute Gasteiger partial charge is 0.283 e. The number of fused-ring (bicyclic) bond motifs is 4. The second kappa shape index (κ2) is 6.11. The summed E-state index contributed by atoms with van der Waals surface area (Å²) in [6.07, 6.45) is 4.26. The first-order valence-electron chi connectivity index (χ1n) is 9.09. The highest BCUT2D eigenvalue weighted by Crippen LogP contribution is 2.52. The summed E-state index contributed by atoms with van der Waals surface area (Å²) < 4.78 is 17.9. The van der Waals surface area contributed by atoms with Crippen LogP contribution in [0.4, 0.5) is 0 Å². The van der Waals surface area contributed by atoms with Crippen LogP contribution >= 0.6 is 11.6 Å². The van der Waals surface area contributed by atoms with Crippen molar-refractivity contribution in [3.05, 3.63) is 47.2 Å². The number of hydrogen-bond acceptors (Lipinski definition) is 6. The van der Waals surface area contributed by atoms with Gasteiger partial charge in [-0.05, 0) is 30.7 Å². The average molecular weight is 386 g/mol. The molecule has 2 unspecified atom stereocenters. The number of nitrogens with two attached hydrogens (primary N) is 1. The molecule has 1 aromatic carbocycles. The molecule has 3 aliphatic rings. The van der Waals surface area contributed by atoms with Gasteiger partial charge in [0.1, 0.15) is 24.0 Å². The Bertz CT molecular complexity index is 934. The van der Waals surface area contributed by atoms with Gasteiger partial charge in [-0.25, -0.2) is 4.99 Å². The molecule has 0 aliphatic carbocycles. The Morgan fingerprint density at radius 1 is 1.22 bits per heavy atom. The lowest BCUT2D eigenvalue weighted by Crippen LogP contribution is -2.56.